The van der Waals surface area contributed by atoms with Gasteiger partial charge in [-0.3, -0.25) is 4.79 Å². The van der Waals surface area contributed by atoms with E-state index < -0.39 is 18.0 Å². The first-order valence-corrected chi connectivity index (χ1v) is 9.68. The number of carbonyl (C=O) groups excluding carboxylic acids is 1. The first kappa shape index (κ1) is 20.7. The van der Waals surface area contributed by atoms with Crippen molar-refractivity contribution in [2.75, 3.05) is 31.1 Å². The lowest BCUT2D eigenvalue weighted by Crippen LogP contribution is -2.49. The normalized spacial score (nSPS) is 14.6. The molecule has 0 spiro atoms. The summed E-state index contributed by atoms with van der Waals surface area (Å²) in [5.74, 6) is 1.11. The van der Waals surface area contributed by atoms with Gasteiger partial charge in [0.25, 0.3) is 5.91 Å². The summed E-state index contributed by atoms with van der Waals surface area (Å²) in [4.78, 5) is 25.4. The van der Waals surface area contributed by atoms with Crippen molar-refractivity contribution in [1.82, 2.24) is 19.4 Å². The standard InChI is InChI=1S/C21H20F3N5O2/c1-15-25-18(27-8-4-5-9-27)14-19(26-15)28-10-12-29(13-11-28)20(30)16-6-2-3-7-17(16)31-21(22,23)24/h2-9,14H,10-13H2,1H3. The van der Waals surface area contributed by atoms with E-state index in [9.17, 15) is 18.0 Å². The van der Waals surface area contributed by atoms with Crippen molar-refractivity contribution >= 4 is 11.7 Å². The third kappa shape index (κ3) is 4.79. The van der Waals surface area contributed by atoms with Gasteiger partial charge in [0.05, 0.1) is 5.56 Å². The summed E-state index contributed by atoms with van der Waals surface area (Å²) in [5, 5.41) is 0. The zero-order valence-corrected chi connectivity index (χ0v) is 16.7. The Bertz CT molecular complexity index is 1060. The fourth-order valence-electron chi connectivity index (χ4n) is 3.48. The van der Waals surface area contributed by atoms with Gasteiger partial charge >= 0.3 is 6.36 Å². The Morgan fingerprint density at radius 3 is 2.29 bits per heavy atom. The van der Waals surface area contributed by atoms with Gasteiger partial charge in [-0.05, 0) is 31.2 Å². The van der Waals surface area contributed by atoms with Crippen LogP contribution in [0.25, 0.3) is 5.82 Å². The first-order valence-electron chi connectivity index (χ1n) is 9.68. The van der Waals surface area contributed by atoms with Crippen molar-refractivity contribution in [3.05, 3.63) is 66.2 Å². The van der Waals surface area contributed by atoms with E-state index in [1.54, 1.807) is 0 Å². The van der Waals surface area contributed by atoms with E-state index in [0.717, 1.165) is 17.7 Å². The molecule has 0 N–H and O–H groups in total. The van der Waals surface area contributed by atoms with E-state index in [0.29, 0.717) is 32.0 Å². The molecule has 0 atom stereocenters. The summed E-state index contributed by atoms with van der Waals surface area (Å²) >= 11 is 0. The van der Waals surface area contributed by atoms with E-state index in [2.05, 4.69) is 14.7 Å². The van der Waals surface area contributed by atoms with Crippen molar-refractivity contribution in [3.63, 3.8) is 0 Å². The quantitative estimate of drug-likeness (QED) is 0.633. The molecular weight excluding hydrogens is 411 g/mol. The van der Waals surface area contributed by atoms with Crippen LogP contribution in [0.5, 0.6) is 5.75 Å². The highest BCUT2D eigenvalue weighted by Gasteiger charge is 2.34. The second-order valence-corrected chi connectivity index (χ2v) is 7.05. The fraction of sp³-hybridized carbons (Fsp3) is 0.286. The van der Waals surface area contributed by atoms with Gasteiger partial charge in [-0.15, -0.1) is 13.2 Å². The van der Waals surface area contributed by atoms with Crippen LogP contribution in [0.4, 0.5) is 19.0 Å². The molecule has 0 unspecified atom stereocenters. The number of hydrogen-bond acceptors (Lipinski definition) is 5. The van der Waals surface area contributed by atoms with Crippen LogP contribution in [-0.2, 0) is 0 Å². The lowest BCUT2D eigenvalue weighted by atomic mass is 10.1. The number of piperazine rings is 1. The monoisotopic (exact) mass is 431 g/mol. The molecule has 1 aromatic carbocycles. The van der Waals surface area contributed by atoms with Crippen LogP contribution in [0.2, 0.25) is 0 Å². The van der Waals surface area contributed by atoms with Crippen LogP contribution in [0.15, 0.2) is 54.9 Å². The minimum absolute atomic E-state index is 0.110. The topological polar surface area (TPSA) is 63.5 Å². The number of benzene rings is 1. The molecule has 2 aromatic heterocycles. The Morgan fingerprint density at radius 2 is 1.61 bits per heavy atom. The number of nitrogens with zero attached hydrogens (tertiary/aromatic N) is 5. The summed E-state index contributed by atoms with van der Waals surface area (Å²) in [6.07, 6.45) is -1.08. The number of hydrogen-bond donors (Lipinski definition) is 0. The van der Waals surface area contributed by atoms with Gasteiger partial charge in [0.15, 0.2) is 0 Å². The molecule has 10 heteroatoms. The molecule has 1 aliphatic rings. The molecule has 0 radical (unpaired) electrons. The number of carbonyl (C=O) groups is 1. The minimum atomic E-state index is -4.86. The third-order valence-electron chi connectivity index (χ3n) is 4.91. The molecular formula is C21H20F3N5O2. The molecule has 162 valence electrons. The minimum Gasteiger partial charge on any atom is -0.405 e. The van der Waals surface area contributed by atoms with Crippen LogP contribution in [0, 0.1) is 6.92 Å². The van der Waals surface area contributed by atoms with E-state index in [4.69, 9.17) is 0 Å². The van der Waals surface area contributed by atoms with Crippen molar-refractivity contribution in [2.24, 2.45) is 0 Å². The van der Waals surface area contributed by atoms with E-state index >= 15 is 0 Å². The summed E-state index contributed by atoms with van der Waals surface area (Å²) in [6, 6.07) is 11.1. The summed E-state index contributed by atoms with van der Waals surface area (Å²) < 4.78 is 43.9. The molecule has 1 amide bonds. The van der Waals surface area contributed by atoms with Crippen LogP contribution >= 0.6 is 0 Å². The van der Waals surface area contributed by atoms with Crippen molar-refractivity contribution in [2.45, 2.75) is 13.3 Å². The predicted octanol–water partition coefficient (Wildman–Crippen LogP) is 3.44. The number of halogens is 3. The van der Waals surface area contributed by atoms with Crippen molar-refractivity contribution < 1.29 is 22.7 Å². The highest BCUT2D eigenvalue weighted by atomic mass is 19.4. The average molecular weight is 431 g/mol. The van der Waals surface area contributed by atoms with Gasteiger partial charge in [0.1, 0.15) is 23.2 Å². The summed E-state index contributed by atoms with van der Waals surface area (Å²) in [7, 11) is 0. The van der Waals surface area contributed by atoms with Gasteiger partial charge in [0.2, 0.25) is 0 Å². The van der Waals surface area contributed by atoms with Gasteiger partial charge in [-0.25, -0.2) is 9.97 Å². The van der Waals surface area contributed by atoms with Gasteiger partial charge in [-0.2, -0.15) is 0 Å². The van der Waals surface area contributed by atoms with Crippen LogP contribution in [-0.4, -0.2) is 57.9 Å². The van der Waals surface area contributed by atoms with Crippen molar-refractivity contribution in [1.29, 1.82) is 0 Å². The largest absolute Gasteiger partial charge is 0.573 e. The molecule has 4 rings (SSSR count). The molecule has 7 nitrogen and oxygen atoms in total. The SMILES string of the molecule is Cc1nc(N2CCN(C(=O)c3ccccc3OC(F)(F)F)CC2)cc(-n2cccc2)n1. The third-order valence-corrected chi connectivity index (χ3v) is 4.91. The molecule has 0 saturated carbocycles. The van der Waals surface area contributed by atoms with E-state index in [1.807, 2.05) is 47.0 Å². The molecule has 3 aromatic rings. The number of ether oxygens (including phenoxy) is 1. The molecule has 3 heterocycles. The Labute approximate surface area is 176 Å². The van der Waals surface area contributed by atoms with Gasteiger partial charge < -0.3 is 19.1 Å². The molecule has 0 aliphatic carbocycles. The molecule has 1 aliphatic heterocycles. The maximum Gasteiger partial charge on any atom is 0.573 e. The summed E-state index contributed by atoms with van der Waals surface area (Å²) in [5.41, 5.74) is -0.110. The molecule has 1 saturated heterocycles. The molecule has 0 bridgehead atoms. The Morgan fingerprint density at radius 1 is 0.968 bits per heavy atom. The van der Waals surface area contributed by atoms with Crippen LogP contribution in [0.3, 0.4) is 0 Å². The van der Waals surface area contributed by atoms with Gasteiger partial charge in [0, 0.05) is 44.6 Å². The number of amides is 1. The highest BCUT2D eigenvalue weighted by Crippen LogP contribution is 2.28. The van der Waals surface area contributed by atoms with Crippen LogP contribution < -0.4 is 9.64 Å². The lowest BCUT2D eigenvalue weighted by Gasteiger charge is -2.35. The van der Waals surface area contributed by atoms with Crippen molar-refractivity contribution in [3.8, 4) is 11.6 Å². The number of para-hydroxylation sites is 1. The second-order valence-electron chi connectivity index (χ2n) is 7.05. The Kier molecular flexibility index (Phi) is 5.53. The molecule has 31 heavy (non-hydrogen) atoms. The number of aryl methyl sites for hydroxylation is 1. The number of anilines is 1. The van der Waals surface area contributed by atoms with E-state index in [-0.39, 0.29) is 5.56 Å². The zero-order chi connectivity index (χ0) is 22.0. The maximum absolute atomic E-state index is 12.8. The lowest BCUT2D eigenvalue weighted by molar-refractivity contribution is -0.274. The molecule has 1 fully saturated rings. The Hall–Kier alpha value is -3.56. The van der Waals surface area contributed by atoms with Crippen LogP contribution in [0.1, 0.15) is 16.2 Å². The zero-order valence-electron chi connectivity index (χ0n) is 16.7. The second kappa shape index (κ2) is 8.29. The smallest absolute Gasteiger partial charge is 0.405 e. The highest BCUT2D eigenvalue weighted by molar-refractivity contribution is 5.97. The predicted molar refractivity (Wildman–Crippen MR) is 107 cm³/mol. The number of aromatic nitrogens is 3. The Balaban J connectivity index is 1.47. The first-order chi connectivity index (χ1) is 14.8. The number of alkyl halides is 3. The van der Waals surface area contributed by atoms with Gasteiger partial charge in [-0.1, -0.05) is 12.1 Å². The summed E-state index contributed by atoms with van der Waals surface area (Å²) in [6.45, 7) is 3.50. The van der Waals surface area contributed by atoms with E-state index in [1.165, 1.54) is 23.1 Å². The average Bonchev–Trinajstić information content (AvgIpc) is 3.27. The maximum atomic E-state index is 12.8. The number of rotatable bonds is 4. The fourth-order valence-corrected chi connectivity index (χ4v) is 3.48.